The van der Waals surface area contributed by atoms with E-state index >= 15 is 0 Å². The van der Waals surface area contributed by atoms with Crippen molar-refractivity contribution in [3.63, 3.8) is 0 Å². The summed E-state index contributed by atoms with van der Waals surface area (Å²) in [6.45, 7) is 2.03. The van der Waals surface area contributed by atoms with Crippen LogP contribution in [0.15, 0.2) is 10.5 Å². The maximum Gasteiger partial charge on any atom is 0.175 e. The van der Waals surface area contributed by atoms with Gasteiger partial charge in [-0.15, -0.1) is 0 Å². The predicted octanol–water partition coefficient (Wildman–Crippen LogP) is 3.09. The number of ether oxygens (including phenoxy) is 2. The van der Waals surface area contributed by atoms with Gasteiger partial charge in [0, 0.05) is 5.56 Å². The summed E-state index contributed by atoms with van der Waals surface area (Å²) in [5.41, 5.74) is 2.01. The first-order chi connectivity index (χ1) is 7.69. The van der Waals surface area contributed by atoms with Crippen LogP contribution in [0.2, 0.25) is 0 Å². The Morgan fingerprint density at radius 1 is 1.31 bits per heavy atom. The number of nitriles is 1. The van der Waals surface area contributed by atoms with Crippen LogP contribution < -0.4 is 9.47 Å². The molecule has 1 aromatic rings. The quantitative estimate of drug-likeness (QED) is 0.853. The molecule has 3 nitrogen and oxygen atoms in total. The van der Waals surface area contributed by atoms with Crippen molar-refractivity contribution in [2.24, 2.45) is 0 Å². The lowest BCUT2D eigenvalue weighted by Gasteiger charge is -2.16. The van der Waals surface area contributed by atoms with Gasteiger partial charge < -0.3 is 9.47 Å². The van der Waals surface area contributed by atoms with Crippen LogP contribution in [0.3, 0.4) is 0 Å². The Labute approximate surface area is 104 Å². The Morgan fingerprint density at radius 2 is 1.94 bits per heavy atom. The molecule has 0 atom stereocenters. The van der Waals surface area contributed by atoms with Gasteiger partial charge in [-0.05, 0) is 34.0 Å². The van der Waals surface area contributed by atoms with Gasteiger partial charge in [0.2, 0.25) is 0 Å². The van der Waals surface area contributed by atoms with Gasteiger partial charge in [0.1, 0.15) is 0 Å². The van der Waals surface area contributed by atoms with Gasteiger partial charge in [-0.3, -0.25) is 0 Å². The minimum absolute atomic E-state index is 0.377. The minimum atomic E-state index is 0.377. The molecule has 0 heterocycles. The van der Waals surface area contributed by atoms with Crippen LogP contribution in [0.4, 0.5) is 0 Å². The molecule has 0 radical (unpaired) electrons. The van der Waals surface area contributed by atoms with E-state index in [1.807, 2.05) is 13.0 Å². The maximum atomic E-state index is 8.78. The Morgan fingerprint density at radius 3 is 2.38 bits per heavy atom. The summed E-state index contributed by atoms with van der Waals surface area (Å²) in [5.74, 6) is 1.39. The third-order valence-corrected chi connectivity index (χ3v) is 3.01. The average Bonchev–Trinajstić information content (AvgIpc) is 2.28. The van der Waals surface area contributed by atoms with Gasteiger partial charge in [-0.1, -0.05) is 6.92 Å². The van der Waals surface area contributed by atoms with Crippen molar-refractivity contribution in [1.82, 2.24) is 0 Å². The lowest BCUT2D eigenvalue weighted by Crippen LogP contribution is -2.01. The first kappa shape index (κ1) is 12.9. The van der Waals surface area contributed by atoms with Crippen molar-refractivity contribution in [3.8, 4) is 17.6 Å². The Kier molecular flexibility index (Phi) is 4.63. The monoisotopic (exact) mass is 283 g/mol. The van der Waals surface area contributed by atoms with E-state index in [4.69, 9.17) is 14.7 Å². The average molecular weight is 284 g/mol. The number of hydrogen-bond donors (Lipinski definition) is 0. The number of halogens is 1. The second kappa shape index (κ2) is 5.76. The fourth-order valence-corrected chi connectivity index (χ4v) is 2.35. The van der Waals surface area contributed by atoms with Crippen molar-refractivity contribution in [2.45, 2.75) is 19.8 Å². The zero-order chi connectivity index (χ0) is 12.1. The molecule has 16 heavy (non-hydrogen) atoms. The molecule has 0 aliphatic heterocycles. The van der Waals surface area contributed by atoms with Crippen molar-refractivity contribution >= 4 is 15.9 Å². The van der Waals surface area contributed by atoms with E-state index in [0.717, 1.165) is 22.0 Å². The summed E-state index contributed by atoms with van der Waals surface area (Å²) < 4.78 is 11.5. The van der Waals surface area contributed by atoms with E-state index in [2.05, 4.69) is 22.0 Å². The molecule has 1 rings (SSSR count). The van der Waals surface area contributed by atoms with Crippen molar-refractivity contribution in [2.75, 3.05) is 14.2 Å². The molecule has 0 bridgehead atoms. The first-order valence-electron chi connectivity index (χ1n) is 4.98. The zero-order valence-electron chi connectivity index (χ0n) is 9.63. The van der Waals surface area contributed by atoms with E-state index in [1.54, 1.807) is 14.2 Å². The number of hydrogen-bond acceptors (Lipinski definition) is 3. The predicted molar refractivity (Wildman–Crippen MR) is 65.9 cm³/mol. The number of rotatable bonds is 4. The van der Waals surface area contributed by atoms with Crippen LogP contribution in [-0.2, 0) is 12.8 Å². The molecule has 0 saturated carbocycles. The molecular weight excluding hydrogens is 270 g/mol. The minimum Gasteiger partial charge on any atom is -0.493 e. The van der Waals surface area contributed by atoms with Gasteiger partial charge in [0.25, 0.3) is 0 Å². The number of nitrogens with zero attached hydrogens (tertiary/aromatic N) is 1. The third kappa shape index (κ3) is 2.30. The van der Waals surface area contributed by atoms with Crippen LogP contribution in [0, 0.1) is 11.3 Å². The van der Waals surface area contributed by atoms with Gasteiger partial charge in [-0.25, -0.2) is 0 Å². The molecule has 0 aliphatic carbocycles. The Bertz CT molecular complexity index is 424. The molecule has 0 saturated heterocycles. The van der Waals surface area contributed by atoms with Crippen molar-refractivity contribution < 1.29 is 9.47 Å². The highest BCUT2D eigenvalue weighted by molar-refractivity contribution is 9.10. The zero-order valence-corrected chi connectivity index (χ0v) is 11.2. The molecule has 1 aromatic carbocycles. The van der Waals surface area contributed by atoms with Gasteiger partial charge in [-0.2, -0.15) is 5.26 Å². The molecule has 86 valence electrons. The standard InChI is InChI=1S/C12H14BrNO2/c1-4-9-8(5-6-14)7-10(13)12(16-3)11(9)15-2/h7H,4-5H2,1-3H3. The molecule has 0 aliphatic rings. The van der Waals surface area contributed by atoms with Crippen LogP contribution in [0.1, 0.15) is 18.1 Å². The first-order valence-corrected chi connectivity index (χ1v) is 5.78. The van der Waals surface area contributed by atoms with Crippen LogP contribution in [0.5, 0.6) is 11.5 Å². The fourth-order valence-electron chi connectivity index (χ4n) is 1.73. The molecule has 4 heteroatoms. The molecule has 0 unspecified atom stereocenters. The normalized spacial score (nSPS) is 9.69. The van der Waals surface area contributed by atoms with Crippen LogP contribution >= 0.6 is 15.9 Å². The van der Waals surface area contributed by atoms with E-state index in [-0.39, 0.29) is 0 Å². The third-order valence-electron chi connectivity index (χ3n) is 2.42. The van der Waals surface area contributed by atoms with E-state index < -0.39 is 0 Å². The molecule has 0 aromatic heterocycles. The van der Waals surface area contributed by atoms with Crippen LogP contribution in [-0.4, -0.2) is 14.2 Å². The summed E-state index contributed by atoms with van der Waals surface area (Å²) >= 11 is 3.42. The van der Waals surface area contributed by atoms with E-state index in [0.29, 0.717) is 17.9 Å². The highest BCUT2D eigenvalue weighted by Crippen LogP contribution is 2.40. The lowest BCUT2D eigenvalue weighted by molar-refractivity contribution is 0.349. The largest absolute Gasteiger partial charge is 0.493 e. The number of benzene rings is 1. The highest BCUT2D eigenvalue weighted by atomic mass is 79.9. The van der Waals surface area contributed by atoms with E-state index in [1.165, 1.54) is 0 Å². The van der Waals surface area contributed by atoms with Gasteiger partial charge in [0.15, 0.2) is 11.5 Å². The van der Waals surface area contributed by atoms with E-state index in [9.17, 15) is 0 Å². The molecular formula is C12H14BrNO2. The number of methoxy groups -OCH3 is 2. The molecule has 0 fully saturated rings. The molecule has 0 spiro atoms. The van der Waals surface area contributed by atoms with Gasteiger partial charge >= 0.3 is 0 Å². The fraction of sp³-hybridized carbons (Fsp3) is 0.417. The Balaban J connectivity index is 3.45. The second-order valence-electron chi connectivity index (χ2n) is 3.25. The van der Waals surface area contributed by atoms with Crippen molar-refractivity contribution in [3.05, 3.63) is 21.7 Å². The van der Waals surface area contributed by atoms with Crippen molar-refractivity contribution in [1.29, 1.82) is 5.26 Å². The second-order valence-corrected chi connectivity index (χ2v) is 4.11. The summed E-state index contributed by atoms with van der Waals surface area (Å²) in [4.78, 5) is 0. The topological polar surface area (TPSA) is 42.2 Å². The Hall–Kier alpha value is -1.21. The molecule has 0 N–H and O–H groups in total. The molecule has 0 amide bonds. The summed E-state index contributed by atoms with van der Waals surface area (Å²) in [6.07, 6.45) is 1.19. The smallest absolute Gasteiger partial charge is 0.175 e. The van der Waals surface area contributed by atoms with Gasteiger partial charge in [0.05, 0.1) is 31.2 Å². The summed E-state index contributed by atoms with van der Waals surface area (Å²) in [6, 6.07) is 4.08. The maximum absolute atomic E-state index is 8.78. The summed E-state index contributed by atoms with van der Waals surface area (Å²) in [5, 5.41) is 8.78. The summed E-state index contributed by atoms with van der Waals surface area (Å²) in [7, 11) is 3.21. The SMILES string of the molecule is CCc1c(CC#N)cc(Br)c(OC)c1OC. The van der Waals surface area contributed by atoms with Crippen LogP contribution in [0.25, 0.3) is 0 Å². The lowest BCUT2D eigenvalue weighted by atomic mass is 10.0. The highest BCUT2D eigenvalue weighted by Gasteiger charge is 2.16.